The first-order valence-electron chi connectivity index (χ1n) is 9.44. The van der Waals surface area contributed by atoms with Gasteiger partial charge in [0.15, 0.2) is 0 Å². The quantitative estimate of drug-likeness (QED) is 0.554. The van der Waals surface area contributed by atoms with E-state index in [1.54, 1.807) is 0 Å². The standard InChI is InChI=1S/C24H32O3/c1-15-9-10-20(16(2)11-15)27-21(25)14-17-12-18(23(3,4)5)22(26)19(13-17)24(6,7)8/h9-13,26H,14H2,1-8H3. The molecular weight excluding hydrogens is 336 g/mol. The molecule has 0 aliphatic rings. The molecule has 0 aromatic heterocycles. The second kappa shape index (κ2) is 7.38. The first kappa shape index (κ1) is 21.0. The molecule has 0 saturated carbocycles. The molecule has 27 heavy (non-hydrogen) atoms. The van der Waals surface area contributed by atoms with Crippen molar-refractivity contribution in [3.63, 3.8) is 0 Å². The fraction of sp³-hybridized carbons (Fsp3) is 0.458. The Kier molecular flexibility index (Phi) is 5.74. The van der Waals surface area contributed by atoms with Gasteiger partial charge in [0.1, 0.15) is 11.5 Å². The minimum atomic E-state index is -0.299. The van der Waals surface area contributed by atoms with Crippen molar-refractivity contribution in [3.8, 4) is 11.5 Å². The van der Waals surface area contributed by atoms with E-state index in [2.05, 4.69) is 41.5 Å². The van der Waals surface area contributed by atoms with Crippen LogP contribution in [0.2, 0.25) is 0 Å². The third-order valence-corrected chi connectivity index (χ3v) is 4.69. The van der Waals surface area contributed by atoms with Gasteiger partial charge >= 0.3 is 5.97 Å². The summed E-state index contributed by atoms with van der Waals surface area (Å²) in [4.78, 5) is 12.5. The summed E-state index contributed by atoms with van der Waals surface area (Å²) in [5, 5.41) is 10.8. The number of aromatic hydroxyl groups is 1. The fourth-order valence-electron chi connectivity index (χ4n) is 3.18. The SMILES string of the molecule is Cc1ccc(OC(=O)Cc2cc(C(C)(C)C)c(O)c(C(C)(C)C)c2)c(C)c1. The molecule has 1 N–H and O–H groups in total. The van der Waals surface area contributed by atoms with Gasteiger partial charge in [-0.15, -0.1) is 0 Å². The van der Waals surface area contributed by atoms with Gasteiger partial charge < -0.3 is 9.84 Å². The highest BCUT2D eigenvalue weighted by Crippen LogP contribution is 2.39. The van der Waals surface area contributed by atoms with Gasteiger partial charge in [0.05, 0.1) is 6.42 Å². The second-order valence-corrected chi connectivity index (χ2v) is 9.46. The number of phenolic OH excluding ortho intramolecular Hbond substituents is 1. The van der Waals surface area contributed by atoms with Crippen molar-refractivity contribution in [2.75, 3.05) is 0 Å². The van der Waals surface area contributed by atoms with Crippen LogP contribution in [-0.4, -0.2) is 11.1 Å². The Morgan fingerprint density at radius 1 is 0.926 bits per heavy atom. The van der Waals surface area contributed by atoms with Crippen molar-refractivity contribution in [2.45, 2.75) is 72.6 Å². The number of phenols is 1. The summed E-state index contributed by atoms with van der Waals surface area (Å²) < 4.78 is 5.58. The number of ether oxygens (including phenoxy) is 1. The Morgan fingerprint density at radius 3 is 1.89 bits per heavy atom. The number of rotatable bonds is 3. The average molecular weight is 369 g/mol. The van der Waals surface area contributed by atoms with E-state index in [0.29, 0.717) is 11.5 Å². The first-order chi connectivity index (χ1) is 12.3. The lowest BCUT2D eigenvalue weighted by molar-refractivity contribution is -0.133. The van der Waals surface area contributed by atoms with Crippen LogP contribution in [0.1, 0.15) is 69.4 Å². The van der Waals surface area contributed by atoms with Crippen LogP contribution in [0.5, 0.6) is 11.5 Å². The lowest BCUT2D eigenvalue weighted by Gasteiger charge is -2.28. The van der Waals surface area contributed by atoms with E-state index in [1.807, 2.05) is 44.2 Å². The third kappa shape index (κ3) is 5.12. The van der Waals surface area contributed by atoms with Gasteiger partial charge in [-0.3, -0.25) is 4.79 Å². The predicted octanol–water partition coefficient (Wildman–Crippen LogP) is 5.75. The number of carbonyl (C=O) groups is 1. The summed E-state index contributed by atoms with van der Waals surface area (Å²) in [6.45, 7) is 16.3. The first-order valence-corrected chi connectivity index (χ1v) is 9.44. The Labute approximate surface area is 163 Å². The molecule has 0 spiro atoms. The molecule has 0 radical (unpaired) electrons. The lowest BCUT2D eigenvalue weighted by Crippen LogP contribution is -2.19. The Morgan fingerprint density at radius 2 is 1.44 bits per heavy atom. The zero-order chi connectivity index (χ0) is 20.6. The van der Waals surface area contributed by atoms with E-state index in [0.717, 1.165) is 27.8 Å². The molecule has 0 atom stereocenters. The molecular formula is C24H32O3. The largest absolute Gasteiger partial charge is 0.507 e. The minimum absolute atomic E-state index is 0.166. The number of hydrogen-bond donors (Lipinski definition) is 1. The molecule has 0 unspecified atom stereocenters. The molecule has 3 heteroatoms. The zero-order valence-electron chi connectivity index (χ0n) is 17.9. The molecule has 146 valence electrons. The molecule has 0 saturated heterocycles. The third-order valence-electron chi connectivity index (χ3n) is 4.69. The fourth-order valence-corrected chi connectivity index (χ4v) is 3.18. The number of hydrogen-bond acceptors (Lipinski definition) is 3. The van der Waals surface area contributed by atoms with Crippen LogP contribution in [0, 0.1) is 13.8 Å². The molecule has 2 aromatic carbocycles. The number of aryl methyl sites for hydroxylation is 2. The van der Waals surface area contributed by atoms with Crippen molar-refractivity contribution in [1.29, 1.82) is 0 Å². The van der Waals surface area contributed by atoms with Gasteiger partial charge in [-0.05, 0) is 53.0 Å². The molecule has 0 amide bonds. The zero-order valence-corrected chi connectivity index (χ0v) is 17.9. The van der Waals surface area contributed by atoms with Crippen molar-refractivity contribution < 1.29 is 14.6 Å². The Bertz CT molecular complexity index is 814. The van der Waals surface area contributed by atoms with Crippen LogP contribution in [0.3, 0.4) is 0 Å². The molecule has 3 nitrogen and oxygen atoms in total. The Hall–Kier alpha value is -2.29. The van der Waals surface area contributed by atoms with Crippen molar-refractivity contribution in [3.05, 3.63) is 58.1 Å². The summed E-state index contributed by atoms with van der Waals surface area (Å²) >= 11 is 0. The molecule has 2 rings (SSSR count). The maximum Gasteiger partial charge on any atom is 0.315 e. The summed E-state index contributed by atoms with van der Waals surface area (Å²) in [6.07, 6.45) is 0.166. The van der Waals surface area contributed by atoms with E-state index in [-0.39, 0.29) is 23.2 Å². The maximum atomic E-state index is 12.5. The Balaban J connectivity index is 2.36. The maximum absolute atomic E-state index is 12.5. The highest BCUT2D eigenvalue weighted by atomic mass is 16.5. The normalized spacial score (nSPS) is 12.1. The lowest BCUT2D eigenvalue weighted by atomic mass is 9.78. The number of carbonyl (C=O) groups excluding carboxylic acids is 1. The van der Waals surface area contributed by atoms with Crippen molar-refractivity contribution in [2.24, 2.45) is 0 Å². The average Bonchev–Trinajstić information content (AvgIpc) is 2.49. The van der Waals surface area contributed by atoms with Gasteiger partial charge in [-0.25, -0.2) is 0 Å². The molecule has 0 fully saturated rings. The highest BCUT2D eigenvalue weighted by molar-refractivity contribution is 5.76. The molecule has 0 heterocycles. The topological polar surface area (TPSA) is 46.5 Å². The van der Waals surface area contributed by atoms with Gasteiger partial charge in [-0.1, -0.05) is 71.4 Å². The van der Waals surface area contributed by atoms with Gasteiger partial charge in [0.25, 0.3) is 0 Å². The molecule has 0 bridgehead atoms. The molecule has 0 aliphatic heterocycles. The highest BCUT2D eigenvalue weighted by Gasteiger charge is 2.27. The van der Waals surface area contributed by atoms with Gasteiger partial charge in [-0.2, -0.15) is 0 Å². The minimum Gasteiger partial charge on any atom is -0.507 e. The van der Waals surface area contributed by atoms with Crippen LogP contribution < -0.4 is 4.74 Å². The second-order valence-electron chi connectivity index (χ2n) is 9.46. The molecule has 2 aromatic rings. The molecule has 0 aliphatic carbocycles. The van der Waals surface area contributed by atoms with Crippen LogP contribution in [0.25, 0.3) is 0 Å². The van der Waals surface area contributed by atoms with Crippen LogP contribution in [-0.2, 0) is 22.0 Å². The van der Waals surface area contributed by atoms with Crippen LogP contribution in [0.4, 0.5) is 0 Å². The van der Waals surface area contributed by atoms with E-state index in [4.69, 9.17) is 4.74 Å². The van der Waals surface area contributed by atoms with Gasteiger partial charge in [0, 0.05) is 0 Å². The van der Waals surface area contributed by atoms with Crippen LogP contribution >= 0.6 is 0 Å². The summed E-state index contributed by atoms with van der Waals surface area (Å²) in [5.74, 6) is 0.616. The smallest absolute Gasteiger partial charge is 0.315 e. The number of esters is 1. The van der Waals surface area contributed by atoms with E-state index >= 15 is 0 Å². The summed E-state index contributed by atoms with van der Waals surface area (Å²) in [7, 11) is 0. The predicted molar refractivity (Wildman–Crippen MR) is 111 cm³/mol. The summed E-state index contributed by atoms with van der Waals surface area (Å²) in [5.41, 5.74) is 4.19. The van der Waals surface area contributed by atoms with Crippen molar-refractivity contribution >= 4 is 5.97 Å². The number of benzene rings is 2. The van der Waals surface area contributed by atoms with Crippen molar-refractivity contribution in [1.82, 2.24) is 0 Å². The van der Waals surface area contributed by atoms with E-state index in [1.165, 1.54) is 0 Å². The summed E-state index contributed by atoms with van der Waals surface area (Å²) in [6, 6.07) is 9.62. The van der Waals surface area contributed by atoms with E-state index < -0.39 is 0 Å². The van der Waals surface area contributed by atoms with Crippen LogP contribution in [0.15, 0.2) is 30.3 Å². The monoisotopic (exact) mass is 368 g/mol. The van der Waals surface area contributed by atoms with E-state index in [9.17, 15) is 9.90 Å². The van der Waals surface area contributed by atoms with Gasteiger partial charge in [0.2, 0.25) is 0 Å².